The highest BCUT2D eigenvalue weighted by atomic mass is 79.9. The van der Waals surface area contributed by atoms with E-state index in [1.165, 1.54) is 21.1 Å². The molecule has 1 fully saturated rings. The number of urea groups is 1. The van der Waals surface area contributed by atoms with Crippen LogP contribution in [-0.4, -0.2) is 28.9 Å². The van der Waals surface area contributed by atoms with Crippen molar-refractivity contribution in [2.45, 2.75) is 6.04 Å². The number of benzene rings is 2. The molecule has 1 aromatic heterocycles. The summed E-state index contributed by atoms with van der Waals surface area (Å²) in [6, 6.07) is 14.0. The molecule has 0 aliphatic carbocycles. The smallest absolute Gasteiger partial charge is 0.311 e. The van der Waals surface area contributed by atoms with Crippen molar-refractivity contribution in [1.82, 2.24) is 9.88 Å². The van der Waals surface area contributed by atoms with E-state index in [0.717, 1.165) is 20.3 Å². The fourth-order valence-electron chi connectivity index (χ4n) is 2.83. The Morgan fingerprint density at radius 3 is 2.67 bits per heavy atom. The second-order valence-corrected chi connectivity index (χ2v) is 7.41. The van der Waals surface area contributed by atoms with E-state index in [9.17, 15) is 9.59 Å². The number of likely N-dealkylation sites (N-methyl/N-ethyl adjacent to an activating group) is 1. The van der Waals surface area contributed by atoms with Crippen LogP contribution >= 0.6 is 27.3 Å². The number of rotatable bonds is 2. The summed E-state index contributed by atoms with van der Waals surface area (Å²) in [7, 11) is 1.64. The number of carbonyl (C=O) groups excluding carboxylic acids is 2. The van der Waals surface area contributed by atoms with Crippen LogP contribution in [0.25, 0.3) is 10.2 Å². The van der Waals surface area contributed by atoms with Crippen LogP contribution in [0.1, 0.15) is 11.6 Å². The third-order valence-corrected chi connectivity index (χ3v) is 5.49. The second-order valence-electron chi connectivity index (χ2n) is 5.49. The minimum atomic E-state index is -0.637. The molecular formula is C17H12BrN3O2S. The van der Waals surface area contributed by atoms with Gasteiger partial charge in [0.2, 0.25) is 5.13 Å². The Labute approximate surface area is 150 Å². The van der Waals surface area contributed by atoms with Crippen LogP contribution in [0.5, 0.6) is 0 Å². The lowest BCUT2D eigenvalue weighted by Crippen LogP contribution is -2.31. The minimum Gasteiger partial charge on any atom is -0.311 e. The summed E-state index contributed by atoms with van der Waals surface area (Å²) in [4.78, 5) is 32.7. The molecule has 0 unspecified atom stereocenters. The predicted molar refractivity (Wildman–Crippen MR) is 97.1 cm³/mol. The van der Waals surface area contributed by atoms with Gasteiger partial charge < -0.3 is 4.90 Å². The molecule has 0 bridgehead atoms. The number of halogens is 1. The van der Waals surface area contributed by atoms with Gasteiger partial charge in [-0.05, 0) is 29.8 Å². The van der Waals surface area contributed by atoms with Gasteiger partial charge >= 0.3 is 6.03 Å². The van der Waals surface area contributed by atoms with Crippen molar-refractivity contribution in [2.24, 2.45) is 0 Å². The SMILES string of the molecule is CN1C(=O)N(c2nc3ccccc3s2)C(=O)[C@H]1c1cccc(Br)c1. The summed E-state index contributed by atoms with van der Waals surface area (Å²) in [5.41, 5.74) is 1.56. The van der Waals surface area contributed by atoms with Crippen molar-refractivity contribution in [3.05, 3.63) is 58.6 Å². The van der Waals surface area contributed by atoms with Gasteiger partial charge in [0.25, 0.3) is 5.91 Å². The molecule has 0 radical (unpaired) electrons. The standard InChI is InChI=1S/C17H12BrN3O2S/c1-20-14(10-5-4-6-11(18)9-10)15(22)21(17(20)23)16-19-12-7-2-3-8-13(12)24-16/h2-9,14H,1H3/t14-/m1/s1. The number of carbonyl (C=O) groups is 2. The fraction of sp³-hybridized carbons (Fsp3) is 0.118. The van der Waals surface area contributed by atoms with E-state index < -0.39 is 6.04 Å². The average molecular weight is 402 g/mol. The molecule has 3 aromatic rings. The summed E-state index contributed by atoms with van der Waals surface area (Å²) >= 11 is 4.75. The van der Waals surface area contributed by atoms with Gasteiger partial charge in [0.05, 0.1) is 10.2 Å². The molecule has 0 saturated carbocycles. The molecule has 4 rings (SSSR count). The Hall–Kier alpha value is -2.25. The summed E-state index contributed by atoms with van der Waals surface area (Å²) < 4.78 is 1.81. The monoisotopic (exact) mass is 401 g/mol. The molecule has 24 heavy (non-hydrogen) atoms. The lowest BCUT2D eigenvalue weighted by Gasteiger charge is -2.16. The highest BCUT2D eigenvalue weighted by molar-refractivity contribution is 9.10. The highest BCUT2D eigenvalue weighted by Gasteiger charge is 2.46. The van der Waals surface area contributed by atoms with Gasteiger partial charge in [-0.3, -0.25) is 4.79 Å². The minimum absolute atomic E-state index is 0.278. The Bertz CT molecular complexity index is 938. The van der Waals surface area contributed by atoms with Crippen molar-refractivity contribution in [1.29, 1.82) is 0 Å². The summed E-state index contributed by atoms with van der Waals surface area (Å²) in [5.74, 6) is -0.278. The Kier molecular flexibility index (Phi) is 3.62. The lowest BCUT2D eigenvalue weighted by atomic mass is 10.1. The van der Waals surface area contributed by atoms with Gasteiger partial charge in [-0.25, -0.2) is 14.7 Å². The van der Waals surface area contributed by atoms with Crippen LogP contribution < -0.4 is 4.90 Å². The maximum Gasteiger partial charge on any atom is 0.334 e. The molecule has 120 valence electrons. The van der Waals surface area contributed by atoms with E-state index in [1.807, 2.05) is 48.5 Å². The van der Waals surface area contributed by atoms with Gasteiger partial charge in [0.1, 0.15) is 6.04 Å². The van der Waals surface area contributed by atoms with Gasteiger partial charge in [-0.1, -0.05) is 51.5 Å². The van der Waals surface area contributed by atoms with E-state index in [-0.39, 0.29) is 11.9 Å². The van der Waals surface area contributed by atoms with Crippen LogP contribution in [0.3, 0.4) is 0 Å². The van der Waals surface area contributed by atoms with Gasteiger partial charge in [0, 0.05) is 11.5 Å². The second kappa shape index (κ2) is 5.68. The Morgan fingerprint density at radius 2 is 1.92 bits per heavy atom. The lowest BCUT2D eigenvalue weighted by molar-refractivity contribution is -0.119. The number of anilines is 1. The van der Waals surface area contributed by atoms with E-state index in [4.69, 9.17) is 0 Å². The van der Waals surface area contributed by atoms with Crippen molar-refractivity contribution in [2.75, 3.05) is 11.9 Å². The van der Waals surface area contributed by atoms with Crippen LogP contribution in [-0.2, 0) is 4.79 Å². The molecular weight excluding hydrogens is 390 g/mol. The van der Waals surface area contributed by atoms with Gasteiger partial charge in [0.15, 0.2) is 0 Å². The Morgan fingerprint density at radius 1 is 1.12 bits per heavy atom. The summed E-state index contributed by atoms with van der Waals surface area (Å²) in [6.45, 7) is 0. The molecule has 2 heterocycles. The van der Waals surface area contributed by atoms with Crippen LogP contribution in [0.15, 0.2) is 53.0 Å². The molecule has 5 nitrogen and oxygen atoms in total. The average Bonchev–Trinajstić information content (AvgIpc) is 3.07. The van der Waals surface area contributed by atoms with Crippen molar-refractivity contribution in [3.63, 3.8) is 0 Å². The van der Waals surface area contributed by atoms with Gasteiger partial charge in [-0.2, -0.15) is 0 Å². The molecule has 3 amide bonds. The molecule has 0 spiro atoms. The van der Waals surface area contributed by atoms with Crippen LogP contribution in [0, 0.1) is 0 Å². The number of imide groups is 1. The van der Waals surface area contributed by atoms with E-state index >= 15 is 0 Å². The predicted octanol–water partition coefficient (Wildman–Crippen LogP) is 4.20. The molecule has 1 aliphatic rings. The van der Waals surface area contributed by atoms with Crippen LogP contribution in [0.2, 0.25) is 0 Å². The van der Waals surface area contributed by atoms with E-state index in [0.29, 0.717) is 5.13 Å². The number of hydrogen-bond donors (Lipinski definition) is 0. The molecule has 1 atom stereocenters. The molecule has 2 aromatic carbocycles. The number of aromatic nitrogens is 1. The highest BCUT2D eigenvalue weighted by Crippen LogP contribution is 2.37. The number of hydrogen-bond acceptors (Lipinski definition) is 4. The van der Waals surface area contributed by atoms with Gasteiger partial charge in [-0.15, -0.1) is 0 Å². The van der Waals surface area contributed by atoms with Crippen molar-refractivity contribution < 1.29 is 9.59 Å². The number of amides is 3. The topological polar surface area (TPSA) is 53.5 Å². The first-order valence-corrected chi connectivity index (χ1v) is 8.89. The Balaban J connectivity index is 1.77. The van der Waals surface area contributed by atoms with E-state index in [2.05, 4.69) is 20.9 Å². The number of fused-ring (bicyclic) bond motifs is 1. The molecule has 1 saturated heterocycles. The number of para-hydroxylation sites is 1. The normalized spacial score (nSPS) is 18.0. The maximum atomic E-state index is 12.9. The van der Waals surface area contributed by atoms with Crippen LogP contribution in [0.4, 0.5) is 9.93 Å². The number of nitrogens with zero attached hydrogens (tertiary/aromatic N) is 3. The zero-order chi connectivity index (χ0) is 16.8. The molecule has 0 N–H and O–H groups in total. The zero-order valence-electron chi connectivity index (χ0n) is 12.6. The first-order chi connectivity index (χ1) is 11.6. The summed E-state index contributed by atoms with van der Waals surface area (Å²) in [6.07, 6.45) is 0. The quantitative estimate of drug-likeness (QED) is 0.604. The third-order valence-electron chi connectivity index (χ3n) is 3.97. The first-order valence-electron chi connectivity index (χ1n) is 7.28. The molecule has 1 aliphatic heterocycles. The van der Waals surface area contributed by atoms with Crippen molar-refractivity contribution >= 4 is 54.6 Å². The third kappa shape index (κ3) is 2.32. The zero-order valence-corrected chi connectivity index (χ0v) is 15.0. The first kappa shape index (κ1) is 15.3. The fourth-order valence-corrected chi connectivity index (χ4v) is 4.21. The van der Waals surface area contributed by atoms with E-state index in [1.54, 1.807) is 7.05 Å². The van der Waals surface area contributed by atoms with Crippen molar-refractivity contribution in [3.8, 4) is 0 Å². The largest absolute Gasteiger partial charge is 0.334 e. The maximum absolute atomic E-state index is 12.9. The summed E-state index contributed by atoms with van der Waals surface area (Å²) in [5, 5.41) is 0.413. The molecule has 7 heteroatoms. The number of thiazole rings is 1.